The molecule has 16 heavy (non-hydrogen) atoms. The predicted molar refractivity (Wildman–Crippen MR) is 62.7 cm³/mol. The van der Waals surface area contributed by atoms with Gasteiger partial charge in [0.2, 0.25) is 0 Å². The standard InChI is InChI=1S/C11H12FNO2S/c12-10-5-7(1-2-9(10)11(14)15)13-8-3-4-16-6-8/h1-2,5,8,13H,3-4,6H2,(H,14,15). The van der Waals surface area contributed by atoms with Crippen molar-refractivity contribution in [3.63, 3.8) is 0 Å². The molecule has 2 rings (SSSR count). The van der Waals surface area contributed by atoms with E-state index >= 15 is 0 Å². The fourth-order valence-corrected chi connectivity index (χ4v) is 2.81. The lowest BCUT2D eigenvalue weighted by Gasteiger charge is -2.13. The molecule has 0 amide bonds. The molecule has 1 aromatic rings. The number of hydrogen-bond donors (Lipinski definition) is 2. The number of aromatic carboxylic acids is 1. The Kier molecular flexibility index (Phi) is 3.33. The van der Waals surface area contributed by atoms with Crippen LogP contribution in [0.1, 0.15) is 16.8 Å². The topological polar surface area (TPSA) is 49.3 Å². The summed E-state index contributed by atoms with van der Waals surface area (Å²) in [6.07, 6.45) is 1.06. The average molecular weight is 241 g/mol. The second-order valence-corrected chi connectivity index (χ2v) is 4.85. The summed E-state index contributed by atoms with van der Waals surface area (Å²) < 4.78 is 13.3. The van der Waals surface area contributed by atoms with Gasteiger partial charge in [-0.05, 0) is 30.4 Å². The fraction of sp³-hybridized carbons (Fsp3) is 0.364. The molecule has 1 unspecified atom stereocenters. The van der Waals surface area contributed by atoms with E-state index in [2.05, 4.69) is 5.32 Å². The highest BCUT2D eigenvalue weighted by Crippen LogP contribution is 2.22. The molecule has 1 fully saturated rings. The number of hydrogen-bond acceptors (Lipinski definition) is 3. The quantitative estimate of drug-likeness (QED) is 0.853. The van der Waals surface area contributed by atoms with Gasteiger partial charge in [-0.2, -0.15) is 11.8 Å². The number of rotatable bonds is 3. The van der Waals surface area contributed by atoms with Gasteiger partial charge in [0.1, 0.15) is 5.82 Å². The van der Waals surface area contributed by atoms with Crippen LogP contribution in [0.15, 0.2) is 18.2 Å². The maximum Gasteiger partial charge on any atom is 0.338 e. The van der Waals surface area contributed by atoms with Crippen molar-refractivity contribution in [3.8, 4) is 0 Å². The van der Waals surface area contributed by atoms with Crippen molar-refractivity contribution in [2.24, 2.45) is 0 Å². The molecule has 0 saturated carbocycles. The highest BCUT2D eigenvalue weighted by atomic mass is 32.2. The highest BCUT2D eigenvalue weighted by Gasteiger charge is 2.16. The van der Waals surface area contributed by atoms with Gasteiger partial charge in [0.05, 0.1) is 5.56 Å². The molecular formula is C11H12FNO2S. The van der Waals surface area contributed by atoms with Gasteiger partial charge in [-0.25, -0.2) is 9.18 Å². The van der Waals surface area contributed by atoms with Gasteiger partial charge in [-0.15, -0.1) is 0 Å². The summed E-state index contributed by atoms with van der Waals surface area (Å²) in [6, 6.07) is 4.50. The van der Waals surface area contributed by atoms with Crippen LogP contribution >= 0.6 is 11.8 Å². The zero-order valence-corrected chi connectivity index (χ0v) is 9.39. The highest BCUT2D eigenvalue weighted by molar-refractivity contribution is 7.99. The molecule has 3 nitrogen and oxygen atoms in total. The first kappa shape index (κ1) is 11.3. The van der Waals surface area contributed by atoms with E-state index in [4.69, 9.17) is 5.11 Å². The predicted octanol–water partition coefficient (Wildman–Crippen LogP) is 2.44. The van der Waals surface area contributed by atoms with E-state index in [-0.39, 0.29) is 5.56 Å². The normalized spacial score (nSPS) is 19.7. The Bertz CT molecular complexity index is 405. The third-order valence-electron chi connectivity index (χ3n) is 2.50. The summed E-state index contributed by atoms with van der Waals surface area (Å²) in [7, 11) is 0. The Hall–Kier alpha value is -1.23. The number of anilines is 1. The molecule has 0 aliphatic carbocycles. The van der Waals surface area contributed by atoms with Gasteiger partial charge in [0, 0.05) is 17.5 Å². The maximum atomic E-state index is 13.3. The summed E-state index contributed by atoms with van der Waals surface area (Å²) in [4.78, 5) is 10.6. The minimum absolute atomic E-state index is 0.286. The SMILES string of the molecule is O=C(O)c1ccc(NC2CCSC2)cc1F. The molecular weight excluding hydrogens is 229 g/mol. The Morgan fingerprint density at radius 3 is 2.94 bits per heavy atom. The van der Waals surface area contributed by atoms with E-state index in [1.54, 1.807) is 6.07 Å². The number of carboxylic acids is 1. The third kappa shape index (κ3) is 2.47. The molecule has 0 bridgehead atoms. The number of halogens is 1. The number of benzene rings is 1. The summed E-state index contributed by atoms with van der Waals surface area (Å²) >= 11 is 1.86. The van der Waals surface area contributed by atoms with Gasteiger partial charge in [0.15, 0.2) is 0 Å². The van der Waals surface area contributed by atoms with Crippen molar-refractivity contribution in [2.45, 2.75) is 12.5 Å². The second kappa shape index (κ2) is 4.74. The average Bonchev–Trinajstić information content (AvgIpc) is 2.70. The van der Waals surface area contributed by atoms with Crippen LogP contribution in [0.5, 0.6) is 0 Å². The molecule has 1 aliphatic heterocycles. The first-order valence-electron chi connectivity index (χ1n) is 5.04. The summed E-state index contributed by atoms with van der Waals surface area (Å²) in [6.45, 7) is 0. The van der Waals surface area contributed by atoms with Crippen molar-refractivity contribution < 1.29 is 14.3 Å². The van der Waals surface area contributed by atoms with Crippen molar-refractivity contribution in [2.75, 3.05) is 16.8 Å². The largest absolute Gasteiger partial charge is 0.478 e. The first-order chi connectivity index (χ1) is 7.66. The van der Waals surface area contributed by atoms with Gasteiger partial charge in [-0.1, -0.05) is 0 Å². The minimum atomic E-state index is -1.24. The van der Waals surface area contributed by atoms with Crippen molar-refractivity contribution in [1.29, 1.82) is 0 Å². The molecule has 5 heteroatoms. The number of carboxylic acid groups (broad SMARTS) is 1. The van der Waals surface area contributed by atoms with Gasteiger partial charge in [-0.3, -0.25) is 0 Å². The van der Waals surface area contributed by atoms with Crippen LogP contribution in [0.25, 0.3) is 0 Å². The van der Waals surface area contributed by atoms with Crippen LogP contribution in [0.3, 0.4) is 0 Å². The Labute approximate surface area is 97.0 Å². The maximum absolute atomic E-state index is 13.3. The van der Waals surface area contributed by atoms with Crippen LogP contribution in [0.2, 0.25) is 0 Å². The lowest BCUT2D eigenvalue weighted by atomic mass is 10.1. The summed E-state index contributed by atoms with van der Waals surface area (Å²) in [5.41, 5.74) is 0.362. The van der Waals surface area contributed by atoms with E-state index in [1.807, 2.05) is 11.8 Å². The first-order valence-corrected chi connectivity index (χ1v) is 6.19. The van der Waals surface area contributed by atoms with Crippen molar-refractivity contribution >= 4 is 23.4 Å². The lowest BCUT2D eigenvalue weighted by molar-refractivity contribution is 0.0692. The molecule has 0 spiro atoms. The molecule has 0 radical (unpaired) electrons. The van der Waals surface area contributed by atoms with Gasteiger partial charge in [0.25, 0.3) is 0 Å². The fourth-order valence-electron chi connectivity index (χ4n) is 1.66. The second-order valence-electron chi connectivity index (χ2n) is 3.70. The van der Waals surface area contributed by atoms with Crippen LogP contribution in [0.4, 0.5) is 10.1 Å². The number of carbonyl (C=O) groups is 1. The van der Waals surface area contributed by atoms with Crippen LogP contribution in [-0.4, -0.2) is 28.6 Å². The summed E-state index contributed by atoms with van der Waals surface area (Å²) in [5, 5.41) is 11.9. The van der Waals surface area contributed by atoms with E-state index in [1.165, 1.54) is 12.1 Å². The van der Waals surface area contributed by atoms with E-state index < -0.39 is 11.8 Å². The molecule has 86 valence electrons. The zero-order valence-electron chi connectivity index (χ0n) is 8.57. The van der Waals surface area contributed by atoms with Crippen molar-refractivity contribution in [3.05, 3.63) is 29.6 Å². The number of nitrogens with one attached hydrogen (secondary N) is 1. The molecule has 2 N–H and O–H groups in total. The van der Waals surface area contributed by atoms with Crippen LogP contribution in [-0.2, 0) is 0 Å². The lowest BCUT2D eigenvalue weighted by Crippen LogP contribution is -2.18. The molecule has 1 heterocycles. The third-order valence-corrected chi connectivity index (χ3v) is 3.66. The molecule has 1 aliphatic rings. The van der Waals surface area contributed by atoms with Crippen LogP contribution in [0, 0.1) is 5.82 Å². The van der Waals surface area contributed by atoms with Gasteiger partial charge >= 0.3 is 5.97 Å². The monoisotopic (exact) mass is 241 g/mol. The molecule has 1 atom stereocenters. The van der Waals surface area contributed by atoms with E-state index in [0.29, 0.717) is 11.7 Å². The molecule has 0 aromatic heterocycles. The molecule has 1 aromatic carbocycles. The Morgan fingerprint density at radius 2 is 2.38 bits per heavy atom. The van der Waals surface area contributed by atoms with E-state index in [0.717, 1.165) is 17.9 Å². The smallest absolute Gasteiger partial charge is 0.338 e. The number of thioether (sulfide) groups is 1. The summed E-state index contributed by atoms with van der Waals surface area (Å²) in [5.74, 6) is 0.207. The minimum Gasteiger partial charge on any atom is -0.478 e. The van der Waals surface area contributed by atoms with E-state index in [9.17, 15) is 9.18 Å². The van der Waals surface area contributed by atoms with Gasteiger partial charge < -0.3 is 10.4 Å². The van der Waals surface area contributed by atoms with Crippen molar-refractivity contribution in [1.82, 2.24) is 0 Å². The Balaban J connectivity index is 2.11. The van der Waals surface area contributed by atoms with Crippen LogP contribution < -0.4 is 5.32 Å². The zero-order chi connectivity index (χ0) is 11.5. The Morgan fingerprint density at radius 1 is 1.56 bits per heavy atom. The molecule has 1 saturated heterocycles.